The number of likely N-dealkylation sites (tertiary alicyclic amines) is 2. The van der Waals surface area contributed by atoms with Crippen molar-refractivity contribution < 1.29 is 9.59 Å². The maximum atomic E-state index is 13.1. The molecule has 2 aliphatic heterocycles. The summed E-state index contributed by atoms with van der Waals surface area (Å²) in [5.41, 5.74) is 2.46. The van der Waals surface area contributed by atoms with Gasteiger partial charge in [-0.2, -0.15) is 0 Å². The summed E-state index contributed by atoms with van der Waals surface area (Å²) >= 11 is 1.54. The van der Waals surface area contributed by atoms with E-state index in [0.29, 0.717) is 13.1 Å². The molecular weight excluding hydrogens is 420 g/mol. The number of thiophene rings is 1. The molecule has 0 bridgehead atoms. The molecule has 6 nitrogen and oxygen atoms in total. The van der Waals surface area contributed by atoms with Crippen LogP contribution in [0.3, 0.4) is 0 Å². The van der Waals surface area contributed by atoms with Crippen molar-refractivity contribution in [3.63, 3.8) is 0 Å². The molecule has 0 radical (unpaired) electrons. The molecule has 0 aliphatic carbocycles. The van der Waals surface area contributed by atoms with Gasteiger partial charge in [-0.1, -0.05) is 31.2 Å². The second kappa shape index (κ2) is 9.63. The van der Waals surface area contributed by atoms with E-state index in [9.17, 15) is 9.59 Å². The molecule has 2 aromatic rings. The number of benzene rings is 1. The first-order valence-electron chi connectivity index (χ1n) is 11.5. The lowest BCUT2D eigenvalue weighted by atomic mass is 10.1. The second-order valence-electron chi connectivity index (χ2n) is 9.12. The monoisotopic (exact) mass is 454 g/mol. The van der Waals surface area contributed by atoms with E-state index in [0.717, 1.165) is 47.7 Å². The van der Waals surface area contributed by atoms with Crippen molar-refractivity contribution in [2.45, 2.75) is 38.3 Å². The molecule has 2 atom stereocenters. The van der Waals surface area contributed by atoms with Gasteiger partial charge >= 0.3 is 6.03 Å². The first-order chi connectivity index (χ1) is 15.4. The molecule has 0 spiro atoms. The molecule has 0 N–H and O–H groups in total. The number of amides is 3. The molecule has 2 fully saturated rings. The van der Waals surface area contributed by atoms with E-state index in [1.807, 2.05) is 40.9 Å². The molecular formula is C25H34N4O2S. The number of carbonyl (C=O) groups is 2. The van der Waals surface area contributed by atoms with Crippen LogP contribution >= 0.6 is 11.3 Å². The smallest absolute Gasteiger partial charge is 0.320 e. The minimum absolute atomic E-state index is 0.0384. The summed E-state index contributed by atoms with van der Waals surface area (Å²) in [7, 11) is 5.88. The number of hydrogen-bond acceptors (Lipinski definition) is 4. The van der Waals surface area contributed by atoms with E-state index < -0.39 is 0 Å². The lowest BCUT2D eigenvalue weighted by Crippen LogP contribution is -2.47. The van der Waals surface area contributed by atoms with E-state index in [4.69, 9.17) is 0 Å². The minimum Gasteiger partial charge on any atom is -0.336 e. The summed E-state index contributed by atoms with van der Waals surface area (Å²) in [4.78, 5) is 35.9. The number of carbonyl (C=O) groups excluding carboxylic acids is 2. The Morgan fingerprint density at radius 1 is 0.969 bits per heavy atom. The van der Waals surface area contributed by atoms with Gasteiger partial charge in [0.1, 0.15) is 0 Å². The maximum absolute atomic E-state index is 13.1. The van der Waals surface area contributed by atoms with Crippen molar-refractivity contribution in [1.29, 1.82) is 0 Å². The van der Waals surface area contributed by atoms with Crippen molar-refractivity contribution in [1.82, 2.24) is 19.6 Å². The zero-order chi connectivity index (χ0) is 22.8. The van der Waals surface area contributed by atoms with Crippen molar-refractivity contribution in [3.05, 3.63) is 46.8 Å². The number of aryl methyl sites for hydroxylation is 1. The second-order valence-corrected chi connectivity index (χ2v) is 10.2. The standard InChI is InChI=1S/C25H34N4O2S/c1-5-18-6-8-19(9-7-18)22-10-11-23(32-22)24(30)27(3)21-13-15-29(17-21)25(31)28(4)20-12-14-26(2)16-20/h6-11,20-21H,5,12-17H2,1-4H3/t20-,21+/m1/s1. The summed E-state index contributed by atoms with van der Waals surface area (Å²) < 4.78 is 0. The fraction of sp³-hybridized carbons (Fsp3) is 0.520. The van der Waals surface area contributed by atoms with Crippen LogP contribution in [0.5, 0.6) is 0 Å². The Morgan fingerprint density at radius 3 is 2.31 bits per heavy atom. The van der Waals surface area contributed by atoms with Gasteiger partial charge in [-0.3, -0.25) is 4.79 Å². The van der Waals surface area contributed by atoms with Crippen LogP contribution in [0.25, 0.3) is 10.4 Å². The highest BCUT2D eigenvalue weighted by atomic mass is 32.1. The van der Waals surface area contributed by atoms with Gasteiger partial charge in [-0.25, -0.2) is 4.79 Å². The predicted octanol–water partition coefficient (Wildman–Crippen LogP) is 3.88. The average Bonchev–Trinajstić information content (AvgIpc) is 3.58. The van der Waals surface area contributed by atoms with Crippen molar-refractivity contribution in [2.24, 2.45) is 0 Å². The Morgan fingerprint density at radius 2 is 1.66 bits per heavy atom. The number of urea groups is 1. The van der Waals surface area contributed by atoms with Gasteiger partial charge in [0.2, 0.25) is 0 Å². The van der Waals surface area contributed by atoms with Gasteiger partial charge in [-0.05, 0) is 56.1 Å². The van der Waals surface area contributed by atoms with E-state index in [1.54, 1.807) is 0 Å². The summed E-state index contributed by atoms with van der Waals surface area (Å²) in [6.45, 7) is 5.42. The Hall–Kier alpha value is -2.38. The highest BCUT2D eigenvalue weighted by molar-refractivity contribution is 7.17. The molecule has 3 amide bonds. The molecule has 7 heteroatoms. The Labute approximate surface area is 195 Å². The topological polar surface area (TPSA) is 47.1 Å². The third kappa shape index (κ3) is 4.69. The summed E-state index contributed by atoms with van der Waals surface area (Å²) in [6.07, 6.45) is 2.87. The van der Waals surface area contributed by atoms with Gasteiger partial charge in [0.25, 0.3) is 5.91 Å². The Kier molecular flexibility index (Phi) is 6.86. The molecule has 0 saturated carbocycles. The highest BCUT2D eigenvalue weighted by Crippen LogP contribution is 2.30. The fourth-order valence-electron chi connectivity index (χ4n) is 4.69. The zero-order valence-electron chi connectivity index (χ0n) is 19.6. The van der Waals surface area contributed by atoms with Gasteiger partial charge in [-0.15, -0.1) is 11.3 Å². The number of likely N-dealkylation sites (N-methyl/N-ethyl adjacent to an activating group) is 3. The highest BCUT2D eigenvalue weighted by Gasteiger charge is 2.35. The van der Waals surface area contributed by atoms with E-state index in [2.05, 4.69) is 43.1 Å². The predicted molar refractivity (Wildman–Crippen MR) is 130 cm³/mol. The molecule has 1 aromatic heterocycles. The maximum Gasteiger partial charge on any atom is 0.320 e. The van der Waals surface area contributed by atoms with Crippen molar-refractivity contribution in [3.8, 4) is 10.4 Å². The third-order valence-electron chi connectivity index (χ3n) is 6.98. The normalized spacial score (nSPS) is 21.2. The Balaban J connectivity index is 1.36. The molecule has 3 heterocycles. The van der Waals surface area contributed by atoms with Crippen LogP contribution in [-0.4, -0.2) is 90.9 Å². The first-order valence-corrected chi connectivity index (χ1v) is 12.4. The molecule has 172 valence electrons. The van der Waals surface area contributed by atoms with Gasteiger partial charge in [0.05, 0.1) is 10.9 Å². The number of hydrogen-bond donors (Lipinski definition) is 0. The SMILES string of the molecule is CCc1ccc(-c2ccc(C(=O)N(C)[C@H]3CCN(C(=O)N(C)[C@@H]4CCN(C)C4)C3)s2)cc1. The fourth-order valence-corrected chi connectivity index (χ4v) is 5.69. The molecule has 0 unspecified atom stereocenters. The van der Waals surface area contributed by atoms with Gasteiger partial charge < -0.3 is 19.6 Å². The summed E-state index contributed by atoms with van der Waals surface area (Å²) in [6, 6.07) is 12.9. The summed E-state index contributed by atoms with van der Waals surface area (Å²) in [5, 5.41) is 0. The van der Waals surface area contributed by atoms with Crippen LogP contribution < -0.4 is 0 Å². The quantitative estimate of drug-likeness (QED) is 0.689. The van der Waals surface area contributed by atoms with Crippen LogP contribution in [0.15, 0.2) is 36.4 Å². The number of rotatable bonds is 5. The molecule has 4 rings (SSSR count). The third-order valence-corrected chi connectivity index (χ3v) is 8.10. The molecule has 2 aliphatic rings. The van der Waals surface area contributed by atoms with E-state index >= 15 is 0 Å². The molecule has 2 saturated heterocycles. The minimum atomic E-state index is 0.0384. The van der Waals surface area contributed by atoms with E-state index in [-0.39, 0.29) is 24.0 Å². The lowest BCUT2D eigenvalue weighted by molar-refractivity contribution is 0.0739. The molecule has 1 aromatic carbocycles. The van der Waals surface area contributed by atoms with Crippen LogP contribution in [0, 0.1) is 0 Å². The van der Waals surface area contributed by atoms with Crippen LogP contribution in [0.1, 0.15) is 35.0 Å². The van der Waals surface area contributed by atoms with Crippen LogP contribution in [0.2, 0.25) is 0 Å². The summed E-state index contributed by atoms with van der Waals surface area (Å²) in [5.74, 6) is 0.0384. The number of nitrogens with zero attached hydrogens (tertiary/aromatic N) is 4. The lowest BCUT2D eigenvalue weighted by Gasteiger charge is -2.30. The molecule has 32 heavy (non-hydrogen) atoms. The van der Waals surface area contributed by atoms with Crippen molar-refractivity contribution >= 4 is 23.3 Å². The Bertz CT molecular complexity index is 957. The van der Waals surface area contributed by atoms with Crippen LogP contribution in [-0.2, 0) is 6.42 Å². The van der Waals surface area contributed by atoms with Crippen molar-refractivity contribution in [2.75, 3.05) is 47.3 Å². The first kappa shape index (κ1) is 22.8. The largest absolute Gasteiger partial charge is 0.336 e. The van der Waals surface area contributed by atoms with Crippen LogP contribution in [0.4, 0.5) is 4.79 Å². The zero-order valence-corrected chi connectivity index (χ0v) is 20.4. The van der Waals surface area contributed by atoms with Gasteiger partial charge in [0.15, 0.2) is 0 Å². The van der Waals surface area contributed by atoms with E-state index in [1.165, 1.54) is 16.9 Å². The average molecular weight is 455 g/mol. The van der Waals surface area contributed by atoms with Gasteiger partial charge in [0, 0.05) is 44.6 Å².